The summed E-state index contributed by atoms with van der Waals surface area (Å²) in [7, 11) is 0. The maximum Gasteiger partial charge on any atom is 0.420 e. The number of nitrogens with zero attached hydrogens (tertiary/aromatic N) is 4. The van der Waals surface area contributed by atoms with E-state index in [1.54, 1.807) is 42.5 Å². The van der Waals surface area contributed by atoms with Gasteiger partial charge in [0.15, 0.2) is 0 Å². The Hall–Kier alpha value is -5.04. The van der Waals surface area contributed by atoms with Gasteiger partial charge in [0.05, 0.1) is 10.5 Å². The number of hydrazine groups is 1. The number of imide groups is 1. The van der Waals surface area contributed by atoms with Crippen LogP contribution in [0, 0.1) is 10.1 Å². The number of carbonyl (C=O) groups is 2. The first-order valence-corrected chi connectivity index (χ1v) is 13.6. The highest BCUT2D eigenvalue weighted by atomic mass is 19.4. The lowest BCUT2D eigenvalue weighted by atomic mass is 10.0. The molecular weight excluding hydrogens is 579 g/mol. The van der Waals surface area contributed by atoms with Crippen LogP contribution < -0.4 is 15.5 Å². The molecule has 1 aliphatic heterocycles. The molecule has 1 fully saturated rings. The summed E-state index contributed by atoms with van der Waals surface area (Å²) in [5, 5.41) is 12.0. The second kappa shape index (κ2) is 13.5. The number of ether oxygens (including phenoxy) is 1. The molecule has 4 rings (SSSR count). The minimum atomic E-state index is -5.02. The predicted octanol–water partition coefficient (Wildman–Crippen LogP) is 6.02. The molecule has 2 aromatic carbocycles. The van der Waals surface area contributed by atoms with Crippen molar-refractivity contribution in [1.82, 2.24) is 9.99 Å². The summed E-state index contributed by atoms with van der Waals surface area (Å²) in [6.07, 6.45) is -0.403. The Labute approximate surface area is 251 Å². The third kappa shape index (κ3) is 6.78. The van der Waals surface area contributed by atoms with Gasteiger partial charge in [-0.3, -0.25) is 19.7 Å². The third-order valence-electron chi connectivity index (χ3n) is 7.14. The van der Waals surface area contributed by atoms with Gasteiger partial charge in [0.25, 0.3) is 5.91 Å². The Balaban J connectivity index is 1.78. The van der Waals surface area contributed by atoms with E-state index < -0.39 is 51.7 Å². The number of nitro groups is 1. The molecule has 13 heteroatoms. The molecule has 1 aliphatic rings. The van der Waals surface area contributed by atoms with Gasteiger partial charge < -0.3 is 9.64 Å². The normalized spacial score (nSPS) is 14.6. The number of pyridine rings is 1. The quantitative estimate of drug-likeness (QED) is 0.0698. The molecule has 0 saturated carbocycles. The summed E-state index contributed by atoms with van der Waals surface area (Å²) < 4.78 is 48.3. The SMILES string of the molecule is C=CCc1cccc(OCc2ccccc2)c1C(=O)N(N)C(=O)c1nc(N2CCC[C@H]2CC=C)c(C(F)(F)F)cc1[N+](=O)[O-]. The first kappa shape index (κ1) is 31.9. The summed E-state index contributed by atoms with van der Waals surface area (Å²) in [5.74, 6) is 2.83. The Morgan fingerprint density at radius 1 is 1.14 bits per heavy atom. The lowest BCUT2D eigenvalue weighted by molar-refractivity contribution is -0.385. The van der Waals surface area contributed by atoms with Gasteiger partial charge in [-0.15, -0.1) is 13.2 Å². The van der Waals surface area contributed by atoms with Gasteiger partial charge in [-0.05, 0) is 42.9 Å². The van der Waals surface area contributed by atoms with E-state index >= 15 is 0 Å². The second-order valence-electron chi connectivity index (χ2n) is 10.0. The molecule has 3 aromatic rings. The Morgan fingerprint density at radius 3 is 2.50 bits per heavy atom. The highest BCUT2D eigenvalue weighted by Crippen LogP contribution is 2.41. The van der Waals surface area contributed by atoms with Crippen molar-refractivity contribution >= 4 is 23.3 Å². The molecule has 44 heavy (non-hydrogen) atoms. The molecule has 1 saturated heterocycles. The van der Waals surface area contributed by atoms with Crippen molar-refractivity contribution in [2.45, 2.75) is 44.5 Å². The number of hydrogen-bond donors (Lipinski definition) is 1. The lowest BCUT2D eigenvalue weighted by Crippen LogP contribution is -2.44. The third-order valence-corrected chi connectivity index (χ3v) is 7.14. The molecule has 10 nitrogen and oxygen atoms in total. The number of allylic oxidation sites excluding steroid dienone is 1. The monoisotopic (exact) mass is 609 g/mol. The maximum absolute atomic E-state index is 14.2. The minimum absolute atomic E-state index is 0.0637. The zero-order valence-corrected chi connectivity index (χ0v) is 23.6. The molecule has 1 atom stereocenters. The topological polar surface area (TPSA) is 132 Å². The van der Waals surface area contributed by atoms with Crippen molar-refractivity contribution in [3.05, 3.63) is 118 Å². The van der Waals surface area contributed by atoms with E-state index in [4.69, 9.17) is 10.6 Å². The zero-order valence-electron chi connectivity index (χ0n) is 23.6. The zero-order chi connectivity index (χ0) is 32.0. The first-order chi connectivity index (χ1) is 21.0. The molecule has 2 amide bonds. The van der Waals surface area contributed by atoms with E-state index in [9.17, 15) is 32.9 Å². The predicted molar refractivity (Wildman–Crippen MR) is 157 cm³/mol. The van der Waals surface area contributed by atoms with Crippen LogP contribution in [-0.2, 0) is 19.2 Å². The van der Waals surface area contributed by atoms with Crippen LogP contribution in [0.5, 0.6) is 5.75 Å². The summed E-state index contributed by atoms with van der Waals surface area (Å²) in [5.41, 5.74) is -2.56. The Morgan fingerprint density at radius 2 is 1.86 bits per heavy atom. The van der Waals surface area contributed by atoms with Crippen LogP contribution >= 0.6 is 0 Å². The number of hydrogen-bond acceptors (Lipinski definition) is 8. The number of carbonyl (C=O) groups excluding carboxylic acids is 2. The number of aromatic nitrogens is 1. The molecular formula is C31H30F3N5O5. The van der Waals surface area contributed by atoms with Gasteiger partial charge in [0.2, 0.25) is 5.69 Å². The lowest BCUT2D eigenvalue weighted by Gasteiger charge is -2.28. The highest BCUT2D eigenvalue weighted by molar-refractivity contribution is 6.12. The minimum Gasteiger partial charge on any atom is -0.488 e. The van der Waals surface area contributed by atoms with E-state index in [0.717, 1.165) is 5.56 Å². The molecule has 230 valence electrons. The van der Waals surface area contributed by atoms with Crippen molar-refractivity contribution in [1.29, 1.82) is 0 Å². The van der Waals surface area contributed by atoms with Gasteiger partial charge in [0.1, 0.15) is 23.7 Å². The van der Waals surface area contributed by atoms with Gasteiger partial charge in [0, 0.05) is 18.7 Å². The van der Waals surface area contributed by atoms with Gasteiger partial charge in [-0.1, -0.05) is 54.6 Å². The smallest absolute Gasteiger partial charge is 0.420 e. The first-order valence-electron chi connectivity index (χ1n) is 13.6. The molecule has 0 unspecified atom stereocenters. The number of alkyl halides is 3. The second-order valence-corrected chi connectivity index (χ2v) is 10.0. The van der Waals surface area contributed by atoms with Crippen LogP contribution in [0.15, 0.2) is 79.9 Å². The van der Waals surface area contributed by atoms with Gasteiger partial charge in [-0.25, -0.2) is 15.8 Å². The number of amides is 2. The fourth-order valence-electron chi connectivity index (χ4n) is 5.10. The number of nitrogens with two attached hydrogens (primary N) is 1. The molecule has 0 radical (unpaired) electrons. The highest BCUT2D eigenvalue weighted by Gasteiger charge is 2.43. The number of halogens is 3. The van der Waals surface area contributed by atoms with E-state index in [1.165, 1.54) is 17.0 Å². The molecule has 0 spiro atoms. The van der Waals surface area contributed by atoms with Crippen LogP contribution in [-0.4, -0.2) is 39.3 Å². The Kier molecular flexibility index (Phi) is 9.79. The van der Waals surface area contributed by atoms with E-state index in [0.29, 0.717) is 24.8 Å². The van der Waals surface area contributed by atoms with Crippen molar-refractivity contribution in [3.63, 3.8) is 0 Å². The average Bonchev–Trinajstić information content (AvgIpc) is 3.47. The summed E-state index contributed by atoms with van der Waals surface area (Å²) in [6.45, 7) is 7.56. The van der Waals surface area contributed by atoms with Crippen LogP contribution in [0.25, 0.3) is 0 Å². The maximum atomic E-state index is 14.2. The molecule has 0 aliphatic carbocycles. The number of benzene rings is 2. The molecule has 2 heterocycles. The van der Waals surface area contributed by atoms with Crippen LogP contribution in [0.3, 0.4) is 0 Å². The fraction of sp³-hybridized carbons (Fsp3) is 0.258. The van der Waals surface area contributed by atoms with Crippen molar-refractivity contribution in [2.75, 3.05) is 11.4 Å². The van der Waals surface area contributed by atoms with Crippen molar-refractivity contribution < 1.29 is 32.4 Å². The Bertz CT molecular complexity index is 1580. The number of rotatable bonds is 11. The van der Waals surface area contributed by atoms with Crippen molar-refractivity contribution in [2.24, 2.45) is 5.84 Å². The average molecular weight is 610 g/mol. The summed E-state index contributed by atoms with van der Waals surface area (Å²) in [6, 6.07) is 13.6. The fourth-order valence-corrected chi connectivity index (χ4v) is 5.10. The number of anilines is 1. The van der Waals surface area contributed by atoms with Crippen LogP contribution in [0.4, 0.5) is 24.7 Å². The van der Waals surface area contributed by atoms with Gasteiger partial charge in [-0.2, -0.15) is 13.2 Å². The van der Waals surface area contributed by atoms with E-state index in [-0.39, 0.29) is 42.0 Å². The summed E-state index contributed by atoms with van der Waals surface area (Å²) >= 11 is 0. The van der Waals surface area contributed by atoms with E-state index in [1.807, 2.05) is 6.07 Å². The van der Waals surface area contributed by atoms with Gasteiger partial charge >= 0.3 is 17.8 Å². The molecule has 0 bridgehead atoms. The molecule has 1 aromatic heterocycles. The van der Waals surface area contributed by atoms with E-state index in [2.05, 4.69) is 18.1 Å². The summed E-state index contributed by atoms with van der Waals surface area (Å²) in [4.78, 5) is 43.4. The van der Waals surface area contributed by atoms with Crippen molar-refractivity contribution in [3.8, 4) is 5.75 Å². The largest absolute Gasteiger partial charge is 0.488 e. The standard InChI is InChI=1S/C31H30F3N5O5/c1-3-10-21-14-8-16-25(44-19-20-12-6-5-7-13-20)26(21)29(40)38(35)30(41)27-24(39(42)43)18-23(31(32,33)34)28(36-27)37-17-9-15-22(37)11-4-2/h3-8,12-14,16,18,22H,1-2,9-11,15,17,19,35H2/t22-/m1/s1. The van der Waals surface area contributed by atoms with Crippen LogP contribution in [0.2, 0.25) is 0 Å². The molecule has 2 N–H and O–H groups in total. The van der Waals surface area contributed by atoms with Crippen LogP contribution in [0.1, 0.15) is 56.8 Å².